The predicted octanol–water partition coefficient (Wildman–Crippen LogP) is 4.50. The van der Waals surface area contributed by atoms with Crippen LogP contribution in [-0.4, -0.2) is 12.6 Å². The molecule has 0 heterocycles. The Bertz CT molecular complexity index is 649. The summed E-state index contributed by atoms with van der Waals surface area (Å²) in [6, 6.07) is 11.1. The van der Waals surface area contributed by atoms with Crippen LogP contribution in [0, 0.1) is 5.82 Å². The maximum absolute atomic E-state index is 13.0. The van der Waals surface area contributed by atoms with Gasteiger partial charge >= 0.3 is 6.03 Å². The van der Waals surface area contributed by atoms with Crippen molar-refractivity contribution in [1.29, 1.82) is 0 Å². The molecule has 2 amide bonds. The minimum Gasteiger partial charge on any atom is -0.338 e. The molecule has 21 heavy (non-hydrogen) atoms. The molecule has 0 fully saturated rings. The highest BCUT2D eigenvalue weighted by Crippen LogP contribution is 2.19. The van der Waals surface area contributed by atoms with Gasteiger partial charge in [0.15, 0.2) is 0 Å². The average molecular weight is 327 g/mol. The monoisotopic (exact) mass is 326 g/mol. The van der Waals surface area contributed by atoms with E-state index in [4.69, 9.17) is 23.2 Å². The predicted molar refractivity (Wildman–Crippen MR) is 83.6 cm³/mol. The highest BCUT2D eigenvalue weighted by atomic mass is 35.5. The molecule has 0 aromatic heterocycles. The second-order valence-electron chi connectivity index (χ2n) is 4.35. The van der Waals surface area contributed by atoms with E-state index in [1.54, 1.807) is 6.07 Å². The molecule has 0 bridgehead atoms. The van der Waals surface area contributed by atoms with E-state index in [2.05, 4.69) is 10.6 Å². The third-order valence-electron chi connectivity index (χ3n) is 2.82. The fourth-order valence-electron chi connectivity index (χ4n) is 1.76. The number of hydrogen-bond acceptors (Lipinski definition) is 1. The van der Waals surface area contributed by atoms with Crippen LogP contribution >= 0.6 is 23.2 Å². The van der Waals surface area contributed by atoms with E-state index in [1.165, 1.54) is 18.2 Å². The van der Waals surface area contributed by atoms with Crippen molar-refractivity contribution >= 4 is 34.9 Å². The van der Waals surface area contributed by atoms with Gasteiger partial charge in [0.25, 0.3) is 0 Å². The van der Waals surface area contributed by atoms with Gasteiger partial charge in [-0.05, 0) is 36.2 Å². The van der Waals surface area contributed by atoms with Crippen molar-refractivity contribution in [3.05, 3.63) is 63.9 Å². The number of halogens is 3. The second-order valence-corrected chi connectivity index (χ2v) is 5.17. The van der Waals surface area contributed by atoms with E-state index < -0.39 is 5.82 Å². The van der Waals surface area contributed by atoms with Gasteiger partial charge in [-0.15, -0.1) is 0 Å². The number of anilines is 1. The lowest BCUT2D eigenvalue weighted by molar-refractivity contribution is 0.252. The first-order valence-electron chi connectivity index (χ1n) is 6.29. The summed E-state index contributed by atoms with van der Waals surface area (Å²) in [5.41, 5.74) is 1.39. The smallest absolute Gasteiger partial charge is 0.319 e. The van der Waals surface area contributed by atoms with Crippen LogP contribution in [0.4, 0.5) is 14.9 Å². The van der Waals surface area contributed by atoms with Crippen LogP contribution in [0.5, 0.6) is 0 Å². The zero-order valence-electron chi connectivity index (χ0n) is 11.0. The molecule has 2 N–H and O–H groups in total. The van der Waals surface area contributed by atoms with Crippen molar-refractivity contribution in [3.63, 3.8) is 0 Å². The van der Waals surface area contributed by atoms with Gasteiger partial charge in [-0.3, -0.25) is 0 Å². The number of hydrogen-bond donors (Lipinski definition) is 2. The van der Waals surface area contributed by atoms with Crippen molar-refractivity contribution in [1.82, 2.24) is 5.32 Å². The third kappa shape index (κ3) is 4.62. The van der Waals surface area contributed by atoms with Gasteiger partial charge in [0.2, 0.25) is 0 Å². The summed E-state index contributed by atoms with van der Waals surface area (Å²) >= 11 is 11.7. The minimum atomic E-state index is -0.527. The third-order valence-corrected chi connectivity index (χ3v) is 3.47. The maximum atomic E-state index is 13.0. The molecule has 0 unspecified atom stereocenters. The highest BCUT2D eigenvalue weighted by Gasteiger charge is 2.05. The van der Waals surface area contributed by atoms with Gasteiger partial charge in [-0.25, -0.2) is 9.18 Å². The number of amides is 2. The van der Waals surface area contributed by atoms with Crippen LogP contribution in [0.25, 0.3) is 0 Å². The van der Waals surface area contributed by atoms with E-state index in [1.807, 2.05) is 18.2 Å². The highest BCUT2D eigenvalue weighted by molar-refractivity contribution is 6.31. The van der Waals surface area contributed by atoms with Gasteiger partial charge in [-0.2, -0.15) is 0 Å². The normalized spacial score (nSPS) is 10.2. The van der Waals surface area contributed by atoms with Crippen molar-refractivity contribution in [2.75, 3.05) is 11.9 Å². The molecule has 6 heteroatoms. The number of carbonyl (C=O) groups excluding carboxylic acids is 1. The summed E-state index contributed by atoms with van der Waals surface area (Å²) in [6.07, 6.45) is 0.622. The van der Waals surface area contributed by atoms with Gasteiger partial charge in [0, 0.05) is 17.3 Å². The van der Waals surface area contributed by atoms with Crippen LogP contribution in [0.1, 0.15) is 5.56 Å². The van der Waals surface area contributed by atoms with Crippen molar-refractivity contribution in [2.24, 2.45) is 0 Å². The fraction of sp³-hybridized carbons (Fsp3) is 0.133. The summed E-state index contributed by atoms with van der Waals surface area (Å²) in [6.45, 7) is 0.435. The number of nitrogens with one attached hydrogen (secondary N) is 2. The van der Waals surface area contributed by atoms with Gasteiger partial charge in [0.1, 0.15) is 5.82 Å². The molecule has 110 valence electrons. The average Bonchev–Trinajstić information content (AvgIpc) is 2.45. The zero-order valence-corrected chi connectivity index (χ0v) is 12.5. The van der Waals surface area contributed by atoms with E-state index in [9.17, 15) is 9.18 Å². The number of rotatable bonds is 4. The lowest BCUT2D eigenvalue weighted by atomic mass is 10.1. The molecule has 0 spiro atoms. The van der Waals surface area contributed by atoms with Crippen molar-refractivity contribution in [2.45, 2.75) is 6.42 Å². The first-order valence-corrected chi connectivity index (χ1v) is 7.05. The summed E-state index contributed by atoms with van der Waals surface area (Å²) in [7, 11) is 0. The molecule has 0 aliphatic heterocycles. The van der Waals surface area contributed by atoms with Gasteiger partial charge in [-0.1, -0.05) is 41.4 Å². The van der Waals surface area contributed by atoms with E-state index >= 15 is 0 Å². The minimum absolute atomic E-state index is 0.0381. The lowest BCUT2D eigenvalue weighted by Crippen LogP contribution is -2.30. The van der Waals surface area contributed by atoms with Crippen LogP contribution in [-0.2, 0) is 6.42 Å². The molecule has 2 aromatic carbocycles. The summed E-state index contributed by atoms with van der Waals surface area (Å²) in [5.74, 6) is -0.527. The summed E-state index contributed by atoms with van der Waals surface area (Å²) in [5, 5.41) is 5.91. The Hall–Kier alpha value is -1.78. The molecule has 0 aliphatic rings. The SMILES string of the molecule is O=C(NCCc1ccccc1Cl)Nc1ccc(F)c(Cl)c1. The Kier molecular flexibility index (Phi) is 5.42. The van der Waals surface area contributed by atoms with Crippen molar-refractivity contribution in [3.8, 4) is 0 Å². The number of carbonyl (C=O) groups is 1. The largest absolute Gasteiger partial charge is 0.338 e. The Morgan fingerprint density at radius 2 is 1.86 bits per heavy atom. The van der Waals surface area contributed by atoms with Crippen LogP contribution < -0.4 is 10.6 Å². The molecule has 0 saturated carbocycles. The second kappa shape index (κ2) is 7.29. The summed E-state index contributed by atoms with van der Waals surface area (Å²) < 4.78 is 13.0. The molecular weight excluding hydrogens is 314 g/mol. The molecule has 0 saturated heterocycles. The molecule has 2 aromatic rings. The van der Waals surface area contributed by atoms with E-state index in [-0.39, 0.29) is 11.1 Å². The van der Waals surface area contributed by atoms with E-state index in [0.717, 1.165) is 5.56 Å². The first kappa shape index (κ1) is 15.6. The molecule has 2 rings (SSSR count). The van der Waals surface area contributed by atoms with Crippen molar-refractivity contribution < 1.29 is 9.18 Å². The van der Waals surface area contributed by atoms with Crippen LogP contribution in [0.15, 0.2) is 42.5 Å². The Morgan fingerprint density at radius 3 is 2.57 bits per heavy atom. The molecule has 3 nitrogen and oxygen atoms in total. The Balaban J connectivity index is 1.82. The van der Waals surface area contributed by atoms with E-state index in [0.29, 0.717) is 23.7 Å². The molecule has 0 aliphatic carbocycles. The quantitative estimate of drug-likeness (QED) is 0.853. The topological polar surface area (TPSA) is 41.1 Å². The number of urea groups is 1. The fourth-order valence-corrected chi connectivity index (χ4v) is 2.17. The Labute approximate surface area is 132 Å². The number of benzene rings is 2. The zero-order chi connectivity index (χ0) is 15.2. The molecular formula is C15H13Cl2FN2O. The maximum Gasteiger partial charge on any atom is 0.319 e. The lowest BCUT2D eigenvalue weighted by Gasteiger charge is -2.09. The first-order chi connectivity index (χ1) is 10.1. The van der Waals surface area contributed by atoms with Gasteiger partial charge in [0.05, 0.1) is 5.02 Å². The molecule has 0 radical (unpaired) electrons. The van der Waals surface area contributed by atoms with Gasteiger partial charge < -0.3 is 10.6 Å². The summed E-state index contributed by atoms with van der Waals surface area (Å²) in [4.78, 5) is 11.7. The molecule has 0 atom stereocenters. The Morgan fingerprint density at radius 1 is 1.10 bits per heavy atom. The van der Waals surface area contributed by atoms with Crippen LogP contribution in [0.2, 0.25) is 10.0 Å². The standard InChI is InChI=1S/C15H13Cl2FN2O/c16-12-4-2-1-3-10(12)7-8-19-15(21)20-11-5-6-14(18)13(17)9-11/h1-6,9H,7-8H2,(H2,19,20,21). The van der Waals surface area contributed by atoms with Crippen LogP contribution in [0.3, 0.4) is 0 Å².